The molecule has 2 atom stereocenters. The highest BCUT2D eigenvalue weighted by atomic mass is 32.2. The molecule has 0 bridgehead atoms. The largest absolute Gasteiger partial charge is 0.442 e. The van der Waals surface area contributed by atoms with Crippen molar-refractivity contribution in [2.24, 2.45) is 5.92 Å². The van der Waals surface area contributed by atoms with Gasteiger partial charge in [0, 0.05) is 33.2 Å². The Labute approximate surface area is 191 Å². The van der Waals surface area contributed by atoms with Gasteiger partial charge in [0.25, 0.3) is 0 Å². The lowest BCUT2D eigenvalue weighted by molar-refractivity contribution is -0.000689. The molecule has 0 N–H and O–H groups in total. The normalized spacial score (nSPS) is 17.7. The van der Waals surface area contributed by atoms with Crippen LogP contribution >= 0.6 is 10.5 Å². The molecule has 3 aromatic carbocycles. The number of benzene rings is 3. The van der Waals surface area contributed by atoms with Gasteiger partial charge >= 0.3 is 5.97 Å². The predicted octanol–water partition coefficient (Wildman–Crippen LogP) is 7.64. The van der Waals surface area contributed by atoms with E-state index in [-0.39, 0.29) is 22.4 Å². The third-order valence-electron chi connectivity index (χ3n) is 6.44. The van der Waals surface area contributed by atoms with Gasteiger partial charge in [0.2, 0.25) is 0 Å². The van der Waals surface area contributed by atoms with Crippen LogP contribution in [-0.4, -0.2) is 11.6 Å². The first-order valence-corrected chi connectivity index (χ1v) is 12.1. The Hall–Kier alpha value is -3.35. The van der Waals surface area contributed by atoms with Gasteiger partial charge in [0.05, 0.1) is 5.56 Å². The Bertz CT molecular complexity index is 1360. The number of hydrogen-bond acceptors (Lipinski definition) is 2. The minimum absolute atomic E-state index is 0.0510. The van der Waals surface area contributed by atoms with Crippen LogP contribution in [0.4, 0.5) is 0 Å². The summed E-state index contributed by atoms with van der Waals surface area (Å²) in [4.78, 5) is 14.3. The van der Waals surface area contributed by atoms with Gasteiger partial charge < -0.3 is 4.74 Å². The van der Waals surface area contributed by atoms with Crippen LogP contribution in [0.2, 0.25) is 0 Å². The lowest BCUT2D eigenvalue weighted by Gasteiger charge is -2.29. The van der Waals surface area contributed by atoms with Crippen LogP contribution in [-0.2, 0) is 4.74 Å². The molecular formula is C29H25O2S+. The first-order valence-electron chi connectivity index (χ1n) is 10.9. The number of rotatable bonds is 4. The second kappa shape index (κ2) is 7.97. The van der Waals surface area contributed by atoms with E-state index in [1.54, 1.807) is 0 Å². The lowest BCUT2D eigenvalue weighted by atomic mass is 9.89. The number of terminal acetylenes is 1. The fourth-order valence-corrected chi connectivity index (χ4v) is 7.08. The summed E-state index contributed by atoms with van der Waals surface area (Å²) >= 11 is 0. The van der Waals surface area contributed by atoms with E-state index < -0.39 is 5.60 Å². The van der Waals surface area contributed by atoms with Gasteiger partial charge in [-0.25, -0.2) is 4.79 Å². The van der Waals surface area contributed by atoms with E-state index in [9.17, 15) is 4.79 Å². The van der Waals surface area contributed by atoms with Crippen molar-refractivity contribution in [1.29, 1.82) is 0 Å². The average Bonchev–Trinajstić information content (AvgIpc) is 3.41. The predicted molar refractivity (Wildman–Crippen MR) is 134 cm³/mol. The van der Waals surface area contributed by atoms with Crippen LogP contribution < -0.4 is 0 Å². The number of thiophene rings is 1. The van der Waals surface area contributed by atoms with Gasteiger partial charge in [-0.2, -0.15) is 0 Å². The van der Waals surface area contributed by atoms with E-state index in [1.165, 1.54) is 25.7 Å². The van der Waals surface area contributed by atoms with E-state index in [0.717, 1.165) is 17.7 Å². The highest BCUT2D eigenvalue weighted by Gasteiger charge is 2.37. The highest BCUT2D eigenvalue weighted by molar-refractivity contribution is 7.50. The fraction of sp³-hybridized carbons (Fsp3) is 0.207. The summed E-state index contributed by atoms with van der Waals surface area (Å²) in [7, 11) is -0.257. The molecule has 0 aliphatic heterocycles. The number of carbonyl (C=O) groups excluding carboxylic acids is 1. The Balaban J connectivity index is 1.55. The van der Waals surface area contributed by atoms with Gasteiger partial charge in [0.15, 0.2) is 19.9 Å². The highest BCUT2D eigenvalue weighted by Crippen LogP contribution is 2.48. The summed E-state index contributed by atoms with van der Waals surface area (Å²) in [5.74, 6) is 2.44. The molecule has 2 unspecified atom stereocenters. The Morgan fingerprint density at radius 1 is 1.03 bits per heavy atom. The number of hydrogen-bond donors (Lipinski definition) is 0. The Kier molecular flexibility index (Phi) is 5.12. The van der Waals surface area contributed by atoms with Crippen LogP contribution in [0, 0.1) is 18.3 Å². The van der Waals surface area contributed by atoms with Crippen LogP contribution in [0.5, 0.6) is 0 Å². The summed E-state index contributed by atoms with van der Waals surface area (Å²) in [5, 5.41) is 2.53. The average molecular weight is 438 g/mol. The maximum Gasteiger partial charge on any atom is 0.339 e. The summed E-state index contributed by atoms with van der Waals surface area (Å²) < 4.78 is 8.53. The second-order valence-electron chi connectivity index (χ2n) is 8.63. The molecule has 0 radical (unpaired) electrons. The van der Waals surface area contributed by atoms with Crippen LogP contribution in [0.1, 0.15) is 37.0 Å². The fourth-order valence-electron chi connectivity index (χ4n) is 4.65. The van der Waals surface area contributed by atoms with Crippen molar-refractivity contribution >= 4 is 36.6 Å². The molecule has 5 rings (SSSR count). The van der Waals surface area contributed by atoms with Crippen LogP contribution in [0.25, 0.3) is 25.1 Å². The molecule has 32 heavy (non-hydrogen) atoms. The number of ether oxygens (including phenoxy) is 1. The van der Waals surface area contributed by atoms with Gasteiger partial charge in [-0.3, -0.25) is 0 Å². The number of allylic oxidation sites excluding steroid dienone is 1. The van der Waals surface area contributed by atoms with Crippen LogP contribution in [0.15, 0.2) is 84.4 Å². The standard InChI is InChI=1S/C29H25O2S/c1-4-29(3,22-17-16-20(2)18-22)31-28(30)21-10-9-11-23(19-21)32-26-14-7-5-12-24(26)25-13-6-8-15-27(25)32/h1,5-15,18-19,22H,16-17H2,2-3H3/q+1. The zero-order valence-electron chi connectivity index (χ0n) is 18.3. The molecule has 0 saturated heterocycles. The third-order valence-corrected chi connectivity index (χ3v) is 8.76. The molecule has 1 aliphatic carbocycles. The van der Waals surface area contributed by atoms with Crippen molar-refractivity contribution in [3.8, 4) is 17.2 Å². The van der Waals surface area contributed by atoms with Gasteiger partial charge in [-0.15, -0.1) is 6.42 Å². The van der Waals surface area contributed by atoms with E-state index in [0.29, 0.717) is 5.56 Å². The van der Waals surface area contributed by atoms with Crippen molar-refractivity contribution < 1.29 is 9.53 Å². The zero-order valence-corrected chi connectivity index (χ0v) is 19.1. The van der Waals surface area contributed by atoms with Crippen molar-refractivity contribution in [3.05, 3.63) is 90.0 Å². The summed E-state index contributed by atoms with van der Waals surface area (Å²) in [6, 6.07) is 24.9. The third kappa shape index (κ3) is 3.42. The maximum atomic E-state index is 13.2. The Morgan fingerprint density at radius 3 is 2.28 bits per heavy atom. The molecule has 2 nitrogen and oxygen atoms in total. The van der Waals surface area contributed by atoms with Crippen LogP contribution in [0.3, 0.4) is 0 Å². The number of esters is 1. The van der Waals surface area contributed by atoms with Gasteiger partial charge in [0.1, 0.15) is 0 Å². The zero-order chi connectivity index (χ0) is 22.3. The first kappa shape index (κ1) is 20.5. The minimum Gasteiger partial charge on any atom is -0.442 e. The Morgan fingerprint density at radius 2 is 1.69 bits per heavy atom. The molecule has 1 aliphatic rings. The first-order chi connectivity index (χ1) is 15.5. The van der Waals surface area contributed by atoms with E-state index in [4.69, 9.17) is 11.2 Å². The molecule has 0 fully saturated rings. The topological polar surface area (TPSA) is 26.3 Å². The lowest BCUT2D eigenvalue weighted by Crippen LogP contribution is -2.36. The van der Waals surface area contributed by atoms with E-state index in [1.807, 2.05) is 25.1 Å². The molecule has 3 heteroatoms. The van der Waals surface area contributed by atoms with E-state index in [2.05, 4.69) is 73.5 Å². The van der Waals surface area contributed by atoms with Crippen molar-refractivity contribution in [2.75, 3.05) is 0 Å². The van der Waals surface area contributed by atoms with Gasteiger partial charge in [-0.05, 0) is 63.1 Å². The summed E-state index contributed by atoms with van der Waals surface area (Å²) in [6.07, 6.45) is 9.90. The molecule has 4 aromatic rings. The second-order valence-corrected chi connectivity index (χ2v) is 10.6. The quantitative estimate of drug-likeness (QED) is 0.142. The molecule has 1 heterocycles. The number of carbonyl (C=O) groups is 1. The van der Waals surface area contributed by atoms with Crippen molar-refractivity contribution in [1.82, 2.24) is 0 Å². The van der Waals surface area contributed by atoms with E-state index >= 15 is 0 Å². The monoisotopic (exact) mass is 437 g/mol. The molecule has 1 aromatic heterocycles. The minimum atomic E-state index is -0.945. The molecular weight excluding hydrogens is 412 g/mol. The molecule has 0 saturated carbocycles. The molecule has 0 amide bonds. The van der Waals surface area contributed by atoms with Crippen molar-refractivity contribution in [2.45, 2.75) is 32.3 Å². The summed E-state index contributed by atoms with van der Waals surface area (Å²) in [6.45, 7) is 3.94. The summed E-state index contributed by atoms with van der Waals surface area (Å²) in [5.41, 5.74) is 0.894. The SMILES string of the molecule is C#CC(C)(OC(=O)c1cccc(-[s+]2c3ccccc3c3ccccc32)c1)C1C=C(C)CC1. The molecule has 158 valence electrons. The smallest absolute Gasteiger partial charge is 0.339 e. The van der Waals surface area contributed by atoms with Gasteiger partial charge in [-0.1, -0.05) is 47.9 Å². The maximum absolute atomic E-state index is 13.2. The number of fused-ring (bicyclic) bond motifs is 3. The van der Waals surface area contributed by atoms with Crippen molar-refractivity contribution in [3.63, 3.8) is 0 Å². The molecule has 0 spiro atoms.